The molecule has 11 heteroatoms. The van der Waals surface area contributed by atoms with Crippen LogP contribution >= 0.6 is 0 Å². The molecule has 220 valence electrons. The molecule has 3 fully saturated rings. The number of benzene rings is 1. The van der Waals surface area contributed by atoms with Gasteiger partial charge in [0.05, 0.1) is 11.9 Å². The molecule has 2 saturated carbocycles. The van der Waals surface area contributed by atoms with Gasteiger partial charge in [-0.15, -0.1) is 0 Å². The number of rotatable bonds is 6. The highest BCUT2D eigenvalue weighted by Crippen LogP contribution is 2.38. The lowest BCUT2D eigenvalue weighted by Crippen LogP contribution is -2.49. The number of carbonyl (C=O) groups excluding carboxylic acids is 1. The summed E-state index contributed by atoms with van der Waals surface area (Å²) in [7, 11) is 2.09. The number of nitrogens with zero attached hydrogens (tertiary/aromatic N) is 6. The van der Waals surface area contributed by atoms with Crippen molar-refractivity contribution in [1.82, 2.24) is 29.3 Å². The van der Waals surface area contributed by atoms with Crippen molar-refractivity contribution in [1.29, 1.82) is 0 Å². The van der Waals surface area contributed by atoms with Gasteiger partial charge in [0.2, 0.25) is 17.8 Å². The van der Waals surface area contributed by atoms with Crippen LogP contribution in [0.2, 0.25) is 0 Å². The van der Waals surface area contributed by atoms with Crippen LogP contribution in [0, 0.1) is 23.5 Å². The van der Waals surface area contributed by atoms with Gasteiger partial charge in [0.15, 0.2) is 5.65 Å². The molecule has 6 rings (SSSR count). The molecule has 2 aromatic heterocycles. The van der Waals surface area contributed by atoms with Gasteiger partial charge in [0, 0.05) is 50.2 Å². The minimum Gasteiger partial charge on any atom is -0.351 e. The molecule has 1 saturated heterocycles. The Balaban J connectivity index is 1.25. The second kappa shape index (κ2) is 11.9. The maximum atomic E-state index is 14.6. The van der Waals surface area contributed by atoms with Crippen LogP contribution in [0.1, 0.15) is 64.3 Å². The molecule has 0 atom stereocenters. The molecule has 1 aliphatic heterocycles. The van der Waals surface area contributed by atoms with E-state index in [2.05, 4.69) is 34.5 Å². The van der Waals surface area contributed by atoms with Crippen LogP contribution in [-0.2, 0) is 4.79 Å². The molecule has 2 aliphatic carbocycles. The van der Waals surface area contributed by atoms with E-state index in [1.54, 1.807) is 6.20 Å². The Hall–Kier alpha value is -3.34. The standard InChI is InChI=1S/C30H40F2N8O/c1-19-3-8-22(9-4-19)34-29-33-18-26-27(37-29)40(30(36-26)35-25-12-7-21(31)17-24(25)32)23-10-5-20(6-11-23)28(41)39-15-13-38(2)14-16-39/h7,12,17-20,22-23H,3-6,8-11,13-16H2,1-2H3,(H,35,36)(H,33,34,37)/t19-,20-,22-,23+. The van der Waals surface area contributed by atoms with E-state index in [0.717, 1.165) is 76.7 Å². The van der Waals surface area contributed by atoms with Crippen molar-refractivity contribution in [2.75, 3.05) is 43.9 Å². The fourth-order valence-electron chi connectivity index (χ4n) is 6.56. The number of nitrogens with one attached hydrogen (secondary N) is 2. The molecular formula is C30H40F2N8O. The molecule has 3 heterocycles. The Kier molecular flexibility index (Phi) is 8.05. The van der Waals surface area contributed by atoms with E-state index in [1.807, 2.05) is 9.47 Å². The summed E-state index contributed by atoms with van der Waals surface area (Å²) >= 11 is 0. The molecule has 0 spiro atoms. The first kappa shape index (κ1) is 27.8. The van der Waals surface area contributed by atoms with Crippen LogP contribution in [0.25, 0.3) is 11.2 Å². The van der Waals surface area contributed by atoms with Crippen LogP contribution < -0.4 is 10.6 Å². The average molecular weight is 567 g/mol. The van der Waals surface area contributed by atoms with Crippen molar-refractivity contribution in [2.45, 2.75) is 70.4 Å². The van der Waals surface area contributed by atoms with Gasteiger partial charge in [0.1, 0.15) is 17.2 Å². The average Bonchev–Trinajstić information content (AvgIpc) is 3.33. The second-order valence-electron chi connectivity index (χ2n) is 12.2. The molecule has 0 unspecified atom stereocenters. The van der Waals surface area contributed by atoms with Crippen molar-refractivity contribution in [3.63, 3.8) is 0 Å². The number of fused-ring (bicyclic) bond motifs is 1. The fourth-order valence-corrected chi connectivity index (χ4v) is 6.56. The lowest BCUT2D eigenvalue weighted by Gasteiger charge is -2.37. The molecule has 0 radical (unpaired) electrons. The molecule has 9 nitrogen and oxygen atoms in total. The first-order valence-corrected chi connectivity index (χ1v) is 15.0. The fraction of sp³-hybridized carbons (Fsp3) is 0.600. The number of piperazine rings is 1. The number of halogens is 2. The Morgan fingerprint density at radius 2 is 1.68 bits per heavy atom. The normalized spacial score (nSPS) is 25.8. The monoisotopic (exact) mass is 566 g/mol. The zero-order chi connectivity index (χ0) is 28.5. The summed E-state index contributed by atoms with van der Waals surface area (Å²) in [5.74, 6) is 0.699. The third-order valence-corrected chi connectivity index (χ3v) is 9.19. The van der Waals surface area contributed by atoms with E-state index in [4.69, 9.17) is 9.97 Å². The molecule has 3 aliphatic rings. The van der Waals surface area contributed by atoms with Crippen LogP contribution in [0.15, 0.2) is 24.4 Å². The maximum absolute atomic E-state index is 14.6. The number of carbonyl (C=O) groups is 1. The van der Waals surface area contributed by atoms with Gasteiger partial charge in [-0.05, 0) is 76.5 Å². The predicted octanol–water partition coefficient (Wildman–Crippen LogP) is 5.34. The number of imidazole rings is 1. The summed E-state index contributed by atoms with van der Waals surface area (Å²) in [6.45, 7) is 5.68. The quantitative estimate of drug-likeness (QED) is 0.416. The second-order valence-corrected chi connectivity index (χ2v) is 12.2. The Morgan fingerprint density at radius 3 is 2.39 bits per heavy atom. The SMILES string of the molecule is CN1CCN(C(=O)[C@H]2CC[C@@H](n3c(Nc4ccc(F)cc4F)nc4cnc(N[C@H]5CC[C@H](C)CC5)nc43)CC2)CC1. The molecule has 1 aromatic carbocycles. The van der Waals surface area contributed by atoms with Crippen molar-refractivity contribution in [2.24, 2.45) is 11.8 Å². The topological polar surface area (TPSA) is 91.2 Å². The summed E-state index contributed by atoms with van der Waals surface area (Å²) in [5, 5.41) is 6.61. The van der Waals surface area contributed by atoms with Crippen LogP contribution in [-0.4, -0.2) is 74.5 Å². The van der Waals surface area contributed by atoms with Crippen molar-refractivity contribution in [3.8, 4) is 0 Å². The Labute approximate surface area is 239 Å². The largest absolute Gasteiger partial charge is 0.351 e. The predicted molar refractivity (Wildman–Crippen MR) is 155 cm³/mol. The van der Waals surface area contributed by atoms with Crippen molar-refractivity contribution in [3.05, 3.63) is 36.0 Å². The minimum atomic E-state index is -0.690. The minimum absolute atomic E-state index is 0.0101. The van der Waals surface area contributed by atoms with E-state index in [1.165, 1.54) is 25.0 Å². The first-order chi connectivity index (χ1) is 19.8. The van der Waals surface area contributed by atoms with E-state index < -0.39 is 11.6 Å². The highest BCUT2D eigenvalue weighted by atomic mass is 19.1. The van der Waals surface area contributed by atoms with E-state index >= 15 is 0 Å². The highest BCUT2D eigenvalue weighted by molar-refractivity contribution is 5.79. The van der Waals surface area contributed by atoms with E-state index in [-0.39, 0.29) is 23.6 Å². The van der Waals surface area contributed by atoms with Gasteiger partial charge in [-0.25, -0.2) is 18.7 Å². The summed E-state index contributed by atoms with van der Waals surface area (Å²) in [6.07, 6.45) is 9.37. The van der Waals surface area contributed by atoms with Crippen LogP contribution in [0.5, 0.6) is 0 Å². The molecular weight excluding hydrogens is 526 g/mol. The Bertz CT molecular complexity index is 1370. The molecule has 41 heavy (non-hydrogen) atoms. The zero-order valence-corrected chi connectivity index (χ0v) is 24.0. The summed E-state index contributed by atoms with van der Waals surface area (Å²) in [4.78, 5) is 31.7. The van der Waals surface area contributed by atoms with E-state index in [0.29, 0.717) is 29.1 Å². The van der Waals surface area contributed by atoms with Gasteiger partial charge in [-0.2, -0.15) is 4.98 Å². The molecule has 3 aromatic rings. The van der Waals surface area contributed by atoms with Gasteiger partial charge < -0.3 is 20.4 Å². The number of anilines is 3. The van der Waals surface area contributed by atoms with Gasteiger partial charge >= 0.3 is 0 Å². The van der Waals surface area contributed by atoms with Crippen molar-refractivity contribution >= 4 is 34.7 Å². The summed E-state index contributed by atoms with van der Waals surface area (Å²) in [6, 6.07) is 3.82. The third-order valence-electron chi connectivity index (χ3n) is 9.19. The molecule has 0 bridgehead atoms. The number of hydrogen-bond donors (Lipinski definition) is 2. The van der Waals surface area contributed by atoms with Crippen LogP contribution in [0.4, 0.5) is 26.4 Å². The number of aromatic nitrogens is 4. The lowest BCUT2D eigenvalue weighted by molar-refractivity contribution is -0.138. The maximum Gasteiger partial charge on any atom is 0.225 e. The van der Waals surface area contributed by atoms with Gasteiger partial charge in [-0.1, -0.05) is 6.92 Å². The van der Waals surface area contributed by atoms with Gasteiger partial charge in [0.25, 0.3) is 0 Å². The zero-order valence-electron chi connectivity index (χ0n) is 24.0. The number of likely N-dealkylation sites (N-methyl/N-ethyl adjacent to an activating group) is 1. The number of hydrogen-bond acceptors (Lipinski definition) is 7. The van der Waals surface area contributed by atoms with Crippen molar-refractivity contribution < 1.29 is 13.6 Å². The van der Waals surface area contributed by atoms with Gasteiger partial charge in [-0.3, -0.25) is 9.36 Å². The summed E-state index contributed by atoms with van der Waals surface area (Å²) < 4.78 is 30.3. The molecule has 2 N–H and O–H groups in total. The summed E-state index contributed by atoms with van der Waals surface area (Å²) in [5.41, 5.74) is 1.42. The van der Waals surface area contributed by atoms with Crippen LogP contribution in [0.3, 0.4) is 0 Å². The highest BCUT2D eigenvalue weighted by Gasteiger charge is 2.33. The lowest BCUT2D eigenvalue weighted by atomic mass is 9.85. The third kappa shape index (κ3) is 6.14. The molecule has 1 amide bonds. The number of amides is 1. The Morgan fingerprint density at radius 1 is 0.951 bits per heavy atom. The first-order valence-electron chi connectivity index (χ1n) is 15.0. The van der Waals surface area contributed by atoms with E-state index in [9.17, 15) is 13.6 Å². The smallest absolute Gasteiger partial charge is 0.225 e.